The fourth-order valence-electron chi connectivity index (χ4n) is 2.82. The van der Waals surface area contributed by atoms with Crippen LogP contribution >= 0.6 is 0 Å². The van der Waals surface area contributed by atoms with Gasteiger partial charge in [-0.15, -0.1) is 0 Å². The Morgan fingerprint density at radius 1 is 1.00 bits per heavy atom. The minimum atomic E-state index is 0.675. The average molecular weight is 287 g/mol. The van der Waals surface area contributed by atoms with Crippen LogP contribution in [0.4, 0.5) is 0 Å². The van der Waals surface area contributed by atoms with Gasteiger partial charge in [-0.25, -0.2) is 0 Å². The summed E-state index contributed by atoms with van der Waals surface area (Å²) in [7, 11) is 1.69. The number of methoxy groups -OCH3 is 1. The zero-order valence-corrected chi connectivity index (χ0v) is 13.4. The van der Waals surface area contributed by atoms with Crippen molar-refractivity contribution in [3.8, 4) is 0 Å². The van der Waals surface area contributed by atoms with Crippen LogP contribution in [0.15, 0.2) is 0 Å². The third-order valence-electron chi connectivity index (χ3n) is 3.96. The van der Waals surface area contributed by atoms with Crippen LogP contribution in [0.3, 0.4) is 0 Å². The molecule has 0 amide bonds. The summed E-state index contributed by atoms with van der Waals surface area (Å²) >= 11 is 0. The molecule has 4 heteroatoms. The molecule has 0 bridgehead atoms. The molecule has 4 nitrogen and oxygen atoms in total. The second-order valence-electron chi connectivity index (χ2n) is 5.61. The van der Waals surface area contributed by atoms with E-state index in [1.165, 1.54) is 32.1 Å². The van der Waals surface area contributed by atoms with Gasteiger partial charge in [0, 0.05) is 33.0 Å². The molecular formula is C16H33NO3. The highest BCUT2D eigenvalue weighted by molar-refractivity contribution is 4.82. The molecule has 0 aromatic rings. The first-order valence-electron chi connectivity index (χ1n) is 8.26. The van der Waals surface area contributed by atoms with Crippen molar-refractivity contribution < 1.29 is 14.2 Å². The maximum atomic E-state index is 5.72. The summed E-state index contributed by atoms with van der Waals surface area (Å²) in [6.07, 6.45) is 7.49. The third-order valence-corrected chi connectivity index (χ3v) is 3.96. The average Bonchev–Trinajstić information content (AvgIpc) is 2.91. The van der Waals surface area contributed by atoms with Crippen molar-refractivity contribution in [2.24, 2.45) is 5.92 Å². The monoisotopic (exact) mass is 287 g/mol. The smallest absolute Gasteiger partial charge is 0.0700 e. The van der Waals surface area contributed by atoms with Crippen LogP contribution < -0.4 is 5.32 Å². The SMILES string of the molecule is CCCNC1CCCC1CCOCCCOCCOC. The molecule has 1 rings (SSSR count). The first-order chi connectivity index (χ1) is 9.88. The molecule has 1 fully saturated rings. The number of ether oxygens (including phenoxy) is 3. The molecule has 1 aliphatic rings. The molecule has 0 spiro atoms. The van der Waals surface area contributed by atoms with Gasteiger partial charge < -0.3 is 19.5 Å². The molecule has 2 unspecified atom stereocenters. The zero-order chi connectivity index (χ0) is 14.5. The highest BCUT2D eigenvalue weighted by Gasteiger charge is 2.25. The minimum Gasteiger partial charge on any atom is -0.382 e. The molecule has 1 N–H and O–H groups in total. The minimum absolute atomic E-state index is 0.675. The molecule has 0 heterocycles. The quantitative estimate of drug-likeness (QED) is 0.529. The predicted octanol–water partition coefficient (Wildman–Crippen LogP) is 2.61. The third kappa shape index (κ3) is 8.20. The van der Waals surface area contributed by atoms with Gasteiger partial charge in [0.25, 0.3) is 0 Å². The molecular weight excluding hydrogens is 254 g/mol. The molecule has 2 atom stereocenters. The van der Waals surface area contributed by atoms with Gasteiger partial charge in [-0.1, -0.05) is 13.3 Å². The largest absolute Gasteiger partial charge is 0.382 e. The lowest BCUT2D eigenvalue weighted by molar-refractivity contribution is 0.0489. The fraction of sp³-hybridized carbons (Fsp3) is 1.00. The molecule has 0 aromatic heterocycles. The van der Waals surface area contributed by atoms with Gasteiger partial charge in [-0.2, -0.15) is 0 Å². The van der Waals surface area contributed by atoms with Crippen molar-refractivity contribution in [3.05, 3.63) is 0 Å². The van der Waals surface area contributed by atoms with Crippen LogP contribution in [-0.2, 0) is 14.2 Å². The number of rotatable bonds is 13. The van der Waals surface area contributed by atoms with Gasteiger partial charge in [-0.3, -0.25) is 0 Å². The van der Waals surface area contributed by atoms with Crippen LogP contribution in [0.2, 0.25) is 0 Å². The summed E-state index contributed by atoms with van der Waals surface area (Å²) in [5.41, 5.74) is 0. The van der Waals surface area contributed by atoms with E-state index < -0.39 is 0 Å². The van der Waals surface area contributed by atoms with Crippen molar-refractivity contribution in [1.82, 2.24) is 5.32 Å². The van der Waals surface area contributed by atoms with E-state index in [2.05, 4.69) is 12.2 Å². The van der Waals surface area contributed by atoms with Gasteiger partial charge in [-0.05, 0) is 44.6 Å². The van der Waals surface area contributed by atoms with Crippen LogP contribution in [0.25, 0.3) is 0 Å². The standard InChI is InChI=1S/C16H33NO3/c1-3-9-17-16-7-4-6-15(16)8-12-19-10-5-11-20-14-13-18-2/h15-17H,3-14H2,1-2H3. The van der Waals surface area contributed by atoms with Crippen molar-refractivity contribution in [1.29, 1.82) is 0 Å². The molecule has 1 aliphatic carbocycles. The van der Waals surface area contributed by atoms with Gasteiger partial charge in [0.15, 0.2) is 0 Å². The van der Waals surface area contributed by atoms with Gasteiger partial charge in [0.05, 0.1) is 13.2 Å². The van der Waals surface area contributed by atoms with E-state index in [-0.39, 0.29) is 0 Å². The summed E-state index contributed by atoms with van der Waals surface area (Å²) in [6, 6.07) is 0.732. The maximum Gasteiger partial charge on any atom is 0.0700 e. The summed E-state index contributed by atoms with van der Waals surface area (Å²) in [6.45, 7) is 7.22. The highest BCUT2D eigenvalue weighted by Crippen LogP contribution is 2.28. The summed E-state index contributed by atoms with van der Waals surface area (Å²) in [5.74, 6) is 0.819. The van der Waals surface area contributed by atoms with Gasteiger partial charge in [0.2, 0.25) is 0 Å². The molecule has 120 valence electrons. The van der Waals surface area contributed by atoms with E-state index >= 15 is 0 Å². The zero-order valence-electron chi connectivity index (χ0n) is 13.4. The van der Waals surface area contributed by atoms with E-state index in [1.807, 2.05) is 0 Å². The Morgan fingerprint density at radius 2 is 1.80 bits per heavy atom. The van der Waals surface area contributed by atoms with Crippen molar-refractivity contribution in [3.63, 3.8) is 0 Å². The van der Waals surface area contributed by atoms with E-state index in [4.69, 9.17) is 14.2 Å². The van der Waals surface area contributed by atoms with E-state index in [9.17, 15) is 0 Å². The van der Waals surface area contributed by atoms with E-state index in [0.717, 1.165) is 44.7 Å². The Morgan fingerprint density at radius 3 is 2.55 bits per heavy atom. The van der Waals surface area contributed by atoms with E-state index in [0.29, 0.717) is 13.2 Å². The Hall–Kier alpha value is -0.160. The Bertz CT molecular complexity index is 214. The maximum absolute atomic E-state index is 5.72. The van der Waals surface area contributed by atoms with Crippen LogP contribution in [0.1, 0.15) is 45.4 Å². The highest BCUT2D eigenvalue weighted by atomic mass is 16.5. The first kappa shape index (κ1) is 17.9. The van der Waals surface area contributed by atoms with Crippen molar-refractivity contribution in [2.45, 2.75) is 51.5 Å². The lowest BCUT2D eigenvalue weighted by Gasteiger charge is -2.20. The molecule has 20 heavy (non-hydrogen) atoms. The van der Waals surface area contributed by atoms with Crippen LogP contribution in [0, 0.1) is 5.92 Å². The molecule has 0 aliphatic heterocycles. The first-order valence-corrected chi connectivity index (χ1v) is 8.26. The Kier molecular flexibility index (Phi) is 11.2. The van der Waals surface area contributed by atoms with Gasteiger partial charge >= 0.3 is 0 Å². The second kappa shape index (κ2) is 12.6. The topological polar surface area (TPSA) is 39.7 Å². The second-order valence-corrected chi connectivity index (χ2v) is 5.61. The molecule has 0 aromatic carbocycles. The molecule has 1 saturated carbocycles. The Labute approximate surface area is 124 Å². The normalized spacial score (nSPS) is 22.5. The number of nitrogens with one attached hydrogen (secondary N) is 1. The summed E-state index contributed by atoms with van der Waals surface area (Å²) in [4.78, 5) is 0. The molecule has 0 saturated heterocycles. The van der Waals surface area contributed by atoms with Gasteiger partial charge in [0.1, 0.15) is 0 Å². The van der Waals surface area contributed by atoms with E-state index in [1.54, 1.807) is 7.11 Å². The number of hydrogen-bond donors (Lipinski definition) is 1. The fourth-order valence-corrected chi connectivity index (χ4v) is 2.82. The van der Waals surface area contributed by atoms with Crippen molar-refractivity contribution >= 4 is 0 Å². The Balaban J connectivity index is 1.90. The predicted molar refractivity (Wildman–Crippen MR) is 82.2 cm³/mol. The lowest BCUT2D eigenvalue weighted by Crippen LogP contribution is -2.33. The molecule has 0 radical (unpaired) electrons. The summed E-state index contributed by atoms with van der Waals surface area (Å²) in [5, 5.41) is 3.67. The van der Waals surface area contributed by atoms with Crippen LogP contribution in [0.5, 0.6) is 0 Å². The number of hydrogen-bond acceptors (Lipinski definition) is 4. The van der Waals surface area contributed by atoms with Crippen molar-refractivity contribution in [2.75, 3.05) is 46.7 Å². The summed E-state index contributed by atoms with van der Waals surface area (Å²) < 4.78 is 16.0. The van der Waals surface area contributed by atoms with Crippen LogP contribution in [-0.4, -0.2) is 52.7 Å². The lowest BCUT2D eigenvalue weighted by atomic mass is 10.00.